The van der Waals surface area contributed by atoms with Crippen LogP contribution in [0.3, 0.4) is 0 Å². The van der Waals surface area contributed by atoms with E-state index in [0.29, 0.717) is 22.0 Å². The Morgan fingerprint density at radius 1 is 1.11 bits per heavy atom. The normalized spacial score (nSPS) is 16.7. The summed E-state index contributed by atoms with van der Waals surface area (Å²) in [6.07, 6.45) is -1.15. The third-order valence-corrected chi connectivity index (χ3v) is 4.60. The summed E-state index contributed by atoms with van der Waals surface area (Å²) in [4.78, 5) is 40.6. The third kappa shape index (κ3) is 3.73. The van der Waals surface area contributed by atoms with Gasteiger partial charge >= 0.3 is 6.03 Å². The van der Waals surface area contributed by atoms with Crippen LogP contribution in [0, 0.1) is 6.92 Å². The molecule has 27 heavy (non-hydrogen) atoms. The van der Waals surface area contributed by atoms with Gasteiger partial charge in [0, 0.05) is 24.8 Å². The molecule has 0 saturated carbocycles. The van der Waals surface area contributed by atoms with Crippen LogP contribution in [0.2, 0.25) is 5.02 Å². The van der Waals surface area contributed by atoms with Gasteiger partial charge in [0.2, 0.25) is 0 Å². The van der Waals surface area contributed by atoms with Crippen LogP contribution in [0.25, 0.3) is 0 Å². The van der Waals surface area contributed by atoms with Crippen LogP contribution < -0.4 is 15.5 Å². The minimum Gasteiger partial charge on any atom is -0.313 e. The van der Waals surface area contributed by atoms with E-state index in [9.17, 15) is 14.4 Å². The molecule has 2 N–H and O–H groups in total. The molecular formula is C19H19ClN4O3. The van der Waals surface area contributed by atoms with E-state index in [-0.39, 0.29) is 0 Å². The number of fused-ring (bicyclic) bond motifs is 1. The molecule has 0 aromatic heterocycles. The number of aryl methyl sites for hydroxylation is 1. The molecule has 0 saturated heterocycles. The molecule has 4 amide bonds. The van der Waals surface area contributed by atoms with E-state index in [2.05, 4.69) is 10.6 Å². The SMILES string of the molecule is Cc1cccc(NC(=O)NC2C(=O)N(C)c3ccc(Cl)cc3C(=O)N2C)c1. The van der Waals surface area contributed by atoms with Gasteiger partial charge in [-0.25, -0.2) is 4.79 Å². The van der Waals surface area contributed by atoms with E-state index in [1.807, 2.05) is 19.1 Å². The number of hydrogen-bond donors (Lipinski definition) is 2. The first kappa shape index (κ1) is 18.7. The molecule has 140 valence electrons. The summed E-state index contributed by atoms with van der Waals surface area (Å²) in [5.41, 5.74) is 2.30. The Morgan fingerprint density at radius 2 is 1.85 bits per heavy atom. The molecule has 1 heterocycles. The maximum Gasteiger partial charge on any atom is 0.321 e. The fraction of sp³-hybridized carbons (Fsp3) is 0.211. The van der Waals surface area contributed by atoms with Crippen LogP contribution in [0.5, 0.6) is 0 Å². The van der Waals surface area contributed by atoms with Gasteiger partial charge in [0.1, 0.15) is 0 Å². The zero-order chi connectivity index (χ0) is 19.7. The molecule has 2 aromatic carbocycles. The van der Waals surface area contributed by atoms with Crippen molar-refractivity contribution < 1.29 is 14.4 Å². The molecule has 2 aromatic rings. The maximum absolute atomic E-state index is 12.8. The first-order valence-electron chi connectivity index (χ1n) is 8.26. The van der Waals surface area contributed by atoms with Crippen molar-refractivity contribution in [2.45, 2.75) is 13.1 Å². The molecule has 0 radical (unpaired) electrons. The average Bonchev–Trinajstić information content (AvgIpc) is 2.68. The average molecular weight is 387 g/mol. The third-order valence-electron chi connectivity index (χ3n) is 4.37. The van der Waals surface area contributed by atoms with Crippen LogP contribution in [-0.4, -0.2) is 43.0 Å². The van der Waals surface area contributed by atoms with Gasteiger partial charge in [-0.15, -0.1) is 0 Å². The van der Waals surface area contributed by atoms with Crippen molar-refractivity contribution in [2.24, 2.45) is 0 Å². The van der Waals surface area contributed by atoms with E-state index in [0.717, 1.165) is 5.56 Å². The number of nitrogens with one attached hydrogen (secondary N) is 2. The van der Waals surface area contributed by atoms with E-state index in [4.69, 9.17) is 11.6 Å². The summed E-state index contributed by atoms with van der Waals surface area (Å²) < 4.78 is 0. The van der Waals surface area contributed by atoms with E-state index in [1.54, 1.807) is 31.3 Å². The predicted octanol–water partition coefficient (Wildman–Crippen LogP) is 2.84. The van der Waals surface area contributed by atoms with Gasteiger partial charge in [0.25, 0.3) is 11.8 Å². The number of carbonyl (C=O) groups is 3. The molecule has 0 bridgehead atoms. The minimum atomic E-state index is -1.15. The van der Waals surface area contributed by atoms with Gasteiger partial charge in [0.05, 0.1) is 11.3 Å². The molecular weight excluding hydrogens is 368 g/mol. The lowest BCUT2D eigenvalue weighted by Crippen LogP contribution is -2.56. The predicted molar refractivity (Wildman–Crippen MR) is 104 cm³/mol. The standard InChI is InChI=1S/C19H19ClN4O3/c1-11-5-4-6-13(9-11)21-19(27)22-16-18(26)23(2)15-8-7-12(20)10-14(15)17(25)24(16)3/h4-10,16H,1-3H3,(H2,21,22,27). The number of anilines is 2. The van der Waals surface area contributed by atoms with Crippen molar-refractivity contribution in [1.82, 2.24) is 10.2 Å². The highest BCUT2D eigenvalue weighted by atomic mass is 35.5. The molecule has 8 heteroatoms. The van der Waals surface area contributed by atoms with Crippen molar-refractivity contribution in [3.8, 4) is 0 Å². The Morgan fingerprint density at radius 3 is 2.56 bits per heavy atom. The van der Waals surface area contributed by atoms with Gasteiger partial charge in [-0.2, -0.15) is 0 Å². The highest BCUT2D eigenvalue weighted by Crippen LogP contribution is 2.28. The maximum atomic E-state index is 12.8. The van der Waals surface area contributed by atoms with Crippen LogP contribution in [-0.2, 0) is 4.79 Å². The molecule has 1 aliphatic rings. The lowest BCUT2D eigenvalue weighted by molar-refractivity contribution is -0.122. The molecule has 0 fully saturated rings. The fourth-order valence-corrected chi connectivity index (χ4v) is 3.09. The lowest BCUT2D eigenvalue weighted by atomic mass is 10.1. The number of carbonyl (C=O) groups excluding carboxylic acids is 3. The zero-order valence-corrected chi connectivity index (χ0v) is 15.9. The summed E-state index contributed by atoms with van der Waals surface area (Å²) in [6, 6.07) is 11.4. The second-order valence-corrected chi connectivity index (χ2v) is 6.78. The molecule has 1 unspecified atom stereocenters. The van der Waals surface area contributed by atoms with Crippen molar-refractivity contribution in [1.29, 1.82) is 0 Å². The molecule has 1 aliphatic heterocycles. The van der Waals surface area contributed by atoms with Gasteiger partial charge in [-0.1, -0.05) is 23.7 Å². The number of halogens is 1. The zero-order valence-electron chi connectivity index (χ0n) is 15.1. The molecule has 7 nitrogen and oxygen atoms in total. The smallest absolute Gasteiger partial charge is 0.313 e. The summed E-state index contributed by atoms with van der Waals surface area (Å²) in [7, 11) is 3.01. The number of likely N-dealkylation sites (N-methyl/N-ethyl adjacent to an activating group) is 2. The van der Waals surface area contributed by atoms with Crippen LogP contribution in [0.15, 0.2) is 42.5 Å². The Bertz CT molecular complexity index is 931. The quantitative estimate of drug-likeness (QED) is 0.832. The van der Waals surface area contributed by atoms with Gasteiger partial charge in [-0.05, 0) is 42.8 Å². The number of amides is 4. The Labute approximate surface area is 161 Å². The summed E-state index contributed by atoms with van der Waals surface area (Å²) in [5.74, 6) is -0.850. The number of benzene rings is 2. The molecule has 1 atom stereocenters. The Hall–Kier alpha value is -3.06. The monoisotopic (exact) mass is 386 g/mol. The van der Waals surface area contributed by atoms with E-state index in [1.165, 1.54) is 22.9 Å². The van der Waals surface area contributed by atoms with Crippen LogP contribution in [0.4, 0.5) is 16.2 Å². The topological polar surface area (TPSA) is 81.8 Å². The first-order chi connectivity index (χ1) is 12.8. The Balaban J connectivity index is 1.84. The summed E-state index contributed by atoms with van der Waals surface area (Å²) in [6.45, 7) is 1.90. The number of rotatable bonds is 2. The van der Waals surface area contributed by atoms with Crippen molar-refractivity contribution >= 4 is 40.8 Å². The number of urea groups is 1. The van der Waals surface area contributed by atoms with E-state index >= 15 is 0 Å². The first-order valence-corrected chi connectivity index (χ1v) is 8.64. The molecule has 3 rings (SSSR count). The van der Waals surface area contributed by atoms with Crippen LogP contribution in [0.1, 0.15) is 15.9 Å². The van der Waals surface area contributed by atoms with Crippen molar-refractivity contribution in [3.63, 3.8) is 0 Å². The second-order valence-electron chi connectivity index (χ2n) is 6.35. The summed E-state index contributed by atoms with van der Waals surface area (Å²) in [5, 5.41) is 5.63. The largest absolute Gasteiger partial charge is 0.321 e. The fourth-order valence-electron chi connectivity index (χ4n) is 2.92. The van der Waals surface area contributed by atoms with Gasteiger partial charge in [0.15, 0.2) is 6.17 Å². The Kier molecular flexibility index (Phi) is 5.05. The van der Waals surface area contributed by atoms with Gasteiger partial charge < -0.3 is 20.4 Å². The summed E-state index contributed by atoms with van der Waals surface area (Å²) >= 11 is 6.00. The van der Waals surface area contributed by atoms with Gasteiger partial charge in [-0.3, -0.25) is 9.59 Å². The van der Waals surface area contributed by atoms with Crippen molar-refractivity contribution in [2.75, 3.05) is 24.3 Å². The molecule has 0 aliphatic carbocycles. The van der Waals surface area contributed by atoms with Crippen LogP contribution >= 0.6 is 11.6 Å². The minimum absolute atomic E-state index is 0.296. The second kappa shape index (κ2) is 7.28. The number of nitrogens with zero attached hydrogens (tertiary/aromatic N) is 2. The number of hydrogen-bond acceptors (Lipinski definition) is 3. The molecule has 0 spiro atoms. The highest BCUT2D eigenvalue weighted by molar-refractivity contribution is 6.31. The highest BCUT2D eigenvalue weighted by Gasteiger charge is 2.37. The lowest BCUT2D eigenvalue weighted by Gasteiger charge is -2.27. The van der Waals surface area contributed by atoms with E-state index < -0.39 is 24.0 Å². The van der Waals surface area contributed by atoms with Crippen molar-refractivity contribution in [3.05, 3.63) is 58.6 Å².